The molecule has 0 saturated heterocycles. The van der Waals surface area contributed by atoms with Gasteiger partial charge < -0.3 is 4.90 Å². The van der Waals surface area contributed by atoms with Crippen molar-refractivity contribution in [3.63, 3.8) is 0 Å². The molecule has 1 spiro atoms. The topological polar surface area (TPSA) is 3.24 Å². The monoisotopic (exact) mass is 219 g/mol. The second-order valence-electron chi connectivity index (χ2n) is 7.58. The van der Waals surface area contributed by atoms with Crippen LogP contribution in [0.5, 0.6) is 0 Å². The number of rotatable bonds is 2. The maximum Gasteiger partial charge on any atom is 0.000929 e. The van der Waals surface area contributed by atoms with Gasteiger partial charge in [-0.3, -0.25) is 0 Å². The highest BCUT2D eigenvalue weighted by atomic mass is 15.1. The van der Waals surface area contributed by atoms with Crippen LogP contribution in [-0.2, 0) is 0 Å². The Bertz CT molecular complexity index is 279. The zero-order chi connectivity index (χ0) is 10.9. The first-order valence-corrected chi connectivity index (χ1v) is 7.33. The first kappa shape index (κ1) is 9.94. The lowest BCUT2D eigenvalue weighted by Gasteiger charge is -2.56. The highest BCUT2D eigenvalue weighted by Crippen LogP contribution is 2.74. The van der Waals surface area contributed by atoms with Crippen LogP contribution in [0.2, 0.25) is 0 Å². The van der Waals surface area contributed by atoms with Gasteiger partial charge >= 0.3 is 0 Å². The van der Waals surface area contributed by atoms with Crippen molar-refractivity contribution in [2.24, 2.45) is 35.0 Å². The molecule has 0 radical (unpaired) electrons. The first-order valence-electron chi connectivity index (χ1n) is 7.33. The van der Waals surface area contributed by atoms with Gasteiger partial charge in [-0.25, -0.2) is 0 Å². The molecular formula is C15H25N. The van der Waals surface area contributed by atoms with Crippen molar-refractivity contribution >= 4 is 0 Å². The van der Waals surface area contributed by atoms with Crippen molar-refractivity contribution < 1.29 is 0 Å². The van der Waals surface area contributed by atoms with Crippen LogP contribution in [0.15, 0.2) is 0 Å². The molecule has 0 aliphatic heterocycles. The Hall–Kier alpha value is -0.0400. The van der Waals surface area contributed by atoms with Crippen molar-refractivity contribution in [2.45, 2.75) is 38.5 Å². The lowest BCUT2D eigenvalue weighted by Crippen LogP contribution is -2.47. The van der Waals surface area contributed by atoms with Crippen LogP contribution in [0.1, 0.15) is 38.5 Å². The van der Waals surface area contributed by atoms with Crippen LogP contribution in [0, 0.1) is 35.0 Å². The molecule has 5 fully saturated rings. The second-order valence-corrected chi connectivity index (χ2v) is 7.58. The molecule has 1 nitrogen and oxygen atoms in total. The summed E-state index contributed by atoms with van der Waals surface area (Å²) in [5, 5.41) is 0. The van der Waals surface area contributed by atoms with Gasteiger partial charge in [0.2, 0.25) is 0 Å². The molecule has 4 bridgehead atoms. The molecule has 0 amide bonds. The predicted octanol–water partition coefficient (Wildman–Crippen LogP) is 3.01. The van der Waals surface area contributed by atoms with Crippen molar-refractivity contribution in [1.29, 1.82) is 0 Å². The Morgan fingerprint density at radius 1 is 0.938 bits per heavy atom. The smallest absolute Gasteiger partial charge is 0.000929 e. The Morgan fingerprint density at radius 3 is 2.00 bits per heavy atom. The molecule has 16 heavy (non-hydrogen) atoms. The molecule has 1 atom stereocenters. The molecule has 5 rings (SSSR count). The Morgan fingerprint density at radius 2 is 1.50 bits per heavy atom. The molecule has 0 heterocycles. The number of hydrogen-bond donors (Lipinski definition) is 0. The molecule has 90 valence electrons. The Labute approximate surface area is 99.6 Å². The summed E-state index contributed by atoms with van der Waals surface area (Å²) in [5.41, 5.74) is 0.859. The summed E-state index contributed by atoms with van der Waals surface area (Å²) in [6.07, 6.45) is 9.61. The molecule has 0 aromatic rings. The van der Waals surface area contributed by atoms with Crippen LogP contribution < -0.4 is 0 Å². The number of hydrogen-bond acceptors (Lipinski definition) is 1. The van der Waals surface area contributed by atoms with Gasteiger partial charge in [-0.1, -0.05) is 0 Å². The van der Waals surface area contributed by atoms with Crippen LogP contribution in [-0.4, -0.2) is 25.5 Å². The molecule has 5 aliphatic rings. The van der Waals surface area contributed by atoms with Gasteiger partial charge in [0.15, 0.2) is 0 Å². The minimum absolute atomic E-state index is 0.859. The van der Waals surface area contributed by atoms with E-state index in [0.29, 0.717) is 0 Å². The van der Waals surface area contributed by atoms with Crippen LogP contribution in [0.3, 0.4) is 0 Å². The minimum Gasteiger partial charge on any atom is -0.309 e. The van der Waals surface area contributed by atoms with Gasteiger partial charge in [0.1, 0.15) is 0 Å². The van der Waals surface area contributed by atoms with Crippen LogP contribution in [0.4, 0.5) is 0 Å². The summed E-state index contributed by atoms with van der Waals surface area (Å²) in [6.45, 7) is 1.36. The summed E-state index contributed by atoms with van der Waals surface area (Å²) in [7, 11) is 4.50. The molecule has 0 unspecified atom stereocenters. The summed E-state index contributed by atoms with van der Waals surface area (Å²) in [4.78, 5) is 2.42. The maximum absolute atomic E-state index is 2.42. The van der Waals surface area contributed by atoms with Gasteiger partial charge in [0, 0.05) is 6.54 Å². The quantitative estimate of drug-likeness (QED) is 0.690. The standard InChI is InChI=1S/C15H25N/c1-16(2)9-14-8-15(14)12-4-10-3-11(6-12)7-13(15)5-10/h10-14H,3-9H2,1-2H3/t10?,11?,12?,13?,14-,15?/m0/s1. The SMILES string of the molecule is CN(C)C[C@@H]1CC12C1CC3CC(C1)CC2C3. The highest BCUT2D eigenvalue weighted by Gasteiger charge is 2.67. The molecule has 5 aliphatic carbocycles. The third-order valence-electron chi connectivity index (χ3n) is 6.44. The fraction of sp³-hybridized carbons (Fsp3) is 1.00. The van der Waals surface area contributed by atoms with E-state index in [1.54, 1.807) is 38.5 Å². The lowest BCUT2D eigenvalue weighted by atomic mass is 9.49. The molecule has 1 heteroatoms. The van der Waals surface area contributed by atoms with E-state index in [0.717, 1.165) is 35.0 Å². The number of nitrogens with zero attached hydrogens (tertiary/aromatic N) is 1. The van der Waals surface area contributed by atoms with Gasteiger partial charge in [-0.15, -0.1) is 0 Å². The van der Waals surface area contributed by atoms with E-state index in [-0.39, 0.29) is 0 Å². The van der Waals surface area contributed by atoms with E-state index < -0.39 is 0 Å². The highest BCUT2D eigenvalue weighted by molar-refractivity contribution is 5.17. The molecule has 0 aromatic heterocycles. The summed E-state index contributed by atoms with van der Waals surface area (Å²) >= 11 is 0. The van der Waals surface area contributed by atoms with E-state index in [4.69, 9.17) is 0 Å². The van der Waals surface area contributed by atoms with Crippen LogP contribution >= 0.6 is 0 Å². The average Bonchev–Trinajstić information content (AvgIpc) is 2.88. The third kappa shape index (κ3) is 1.16. The maximum atomic E-state index is 2.42. The first-order chi connectivity index (χ1) is 7.68. The minimum atomic E-state index is 0.859. The Balaban J connectivity index is 1.58. The normalized spacial score (nSPS) is 57.6. The zero-order valence-corrected chi connectivity index (χ0v) is 10.8. The van der Waals surface area contributed by atoms with E-state index >= 15 is 0 Å². The third-order valence-corrected chi connectivity index (χ3v) is 6.44. The van der Waals surface area contributed by atoms with Gasteiger partial charge in [-0.05, 0) is 87.6 Å². The van der Waals surface area contributed by atoms with Crippen molar-refractivity contribution in [3.8, 4) is 0 Å². The van der Waals surface area contributed by atoms with Gasteiger partial charge in [0.25, 0.3) is 0 Å². The fourth-order valence-corrected chi connectivity index (χ4v) is 6.10. The summed E-state index contributed by atoms with van der Waals surface area (Å²) in [6, 6.07) is 0. The van der Waals surface area contributed by atoms with E-state index in [1.165, 1.54) is 6.54 Å². The molecule has 5 saturated carbocycles. The zero-order valence-electron chi connectivity index (χ0n) is 10.8. The molecule has 0 aromatic carbocycles. The van der Waals surface area contributed by atoms with Crippen LogP contribution in [0.25, 0.3) is 0 Å². The Kier molecular flexibility index (Phi) is 1.89. The summed E-state index contributed by atoms with van der Waals surface area (Å²) < 4.78 is 0. The molecular weight excluding hydrogens is 194 g/mol. The van der Waals surface area contributed by atoms with E-state index in [1.807, 2.05) is 0 Å². The second kappa shape index (κ2) is 3.04. The van der Waals surface area contributed by atoms with Crippen molar-refractivity contribution in [3.05, 3.63) is 0 Å². The van der Waals surface area contributed by atoms with Crippen molar-refractivity contribution in [1.82, 2.24) is 4.90 Å². The van der Waals surface area contributed by atoms with Gasteiger partial charge in [0.05, 0.1) is 0 Å². The molecule has 0 N–H and O–H groups in total. The average molecular weight is 219 g/mol. The van der Waals surface area contributed by atoms with E-state index in [9.17, 15) is 0 Å². The van der Waals surface area contributed by atoms with Gasteiger partial charge in [-0.2, -0.15) is 0 Å². The predicted molar refractivity (Wildman–Crippen MR) is 66.1 cm³/mol. The largest absolute Gasteiger partial charge is 0.309 e. The van der Waals surface area contributed by atoms with Crippen molar-refractivity contribution in [2.75, 3.05) is 20.6 Å². The van der Waals surface area contributed by atoms with E-state index in [2.05, 4.69) is 19.0 Å². The summed E-state index contributed by atoms with van der Waals surface area (Å²) in [5.74, 6) is 5.65. The fourth-order valence-electron chi connectivity index (χ4n) is 6.10. The lowest BCUT2D eigenvalue weighted by molar-refractivity contribution is -0.0612.